The molecule has 21 heavy (non-hydrogen) atoms. The van der Waals surface area contributed by atoms with Crippen LogP contribution in [0.15, 0.2) is 36.7 Å². The fraction of sp³-hybridized carbons (Fsp3) is 0.375. The van der Waals surface area contributed by atoms with E-state index in [-0.39, 0.29) is 6.04 Å². The fourth-order valence-corrected chi connectivity index (χ4v) is 2.73. The number of aryl methyl sites for hydroxylation is 1. The quantitative estimate of drug-likeness (QED) is 0.731. The van der Waals surface area contributed by atoms with Crippen LogP contribution in [0.25, 0.3) is 11.0 Å². The molecule has 5 heteroatoms. The molecule has 0 fully saturated rings. The summed E-state index contributed by atoms with van der Waals surface area (Å²) < 4.78 is 2.26. The average Bonchev–Trinajstić information content (AvgIpc) is 3.15. The second-order valence-electron chi connectivity index (χ2n) is 5.08. The summed E-state index contributed by atoms with van der Waals surface area (Å²) in [4.78, 5) is 12.3. The lowest BCUT2D eigenvalue weighted by Crippen LogP contribution is -2.23. The van der Waals surface area contributed by atoms with Crippen molar-refractivity contribution in [2.75, 3.05) is 0 Å². The van der Waals surface area contributed by atoms with E-state index in [4.69, 9.17) is 4.98 Å². The van der Waals surface area contributed by atoms with Gasteiger partial charge >= 0.3 is 0 Å². The van der Waals surface area contributed by atoms with E-state index >= 15 is 0 Å². The van der Waals surface area contributed by atoms with Gasteiger partial charge in [-0.1, -0.05) is 19.1 Å². The first-order valence-electron chi connectivity index (χ1n) is 7.50. The van der Waals surface area contributed by atoms with Crippen LogP contribution < -0.4 is 5.32 Å². The van der Waals surface area contributed by atoms with Gasteiger partial charge in [0.2, 0.25) is 0 Å². The van der Waals surface area contributed by atoms with Crippen molar-refractivity contribution in [3.63, 3.8) is 0 Å². The fourth-order valence-electron chi connectivity index (χ4n) is 2.73. The van der Waals surface area contributed by atoms with Crippen molar-refractivity contribution in [3.05, 3.63) is 48.3 Å². The number of hydrogen-bond donors (Lipinski definition) is 2. The Morgan fingerprint density at radius 1 is 1.29 bits per heavy atom. The summed E-state index contributed by atoms with van der Waals surface area (Å²) in [5.74, 6) is 2.06. The van der Waals surface area contributed by atoms with Gasteiger partial charge in [0.05, 0.1) is 23.6 Å². The molecule has 0 bridgehead atoms. The molecule has 0 aliphatic heterocycles. The van der Waals surface area contributed by atoms with Gasteiger partial charge in [-0.2, -0.15) is 0 Å². The van der Waals surface area contributed by atoms with E-state index in [9.17, 15) is 0 Å². The standard InChI is InChI=1S/C16H21N5/c1-3-12(16-17-9-10-18-16)19-11-15-20-13-7-5-6-8-14(13)21(15)4-2/h5-10,12,19H,3-4,11H2,1-2H3,(H,17,18). The van der Waals surface area contributed by atoms with Crippen molar-refractivity contribution in [2.45, 2.75) is 39.4 Å². The van der Waals surface area contributed by atoms with Crippen molar-refractivity contribution in [2.24, 2.45) is 0 Å². The molecular weight excluding hydrogens is 262 g/mol. The number of H-pyrrole nitrogens is 1. The molecule has 2 heterocycles. The number of benzene rings is 1. The average molecular weight is 283 g/mol. The van der Waals surface area contributed by atoms with Gasteiger partial charge in [0.25, 0.3) is 0 Å². The van der Waals surface area contributed by atoms with E-state index in [1.54, 1.807) is 6.20 Å². The van der Waals surface area contributed by atoms with Crippen molar-refractivity contribution in [1.29, 1.82) is 0 Å². The predicted molar refractivity (Wildman–Crippen MR) is 83.9 cm³/mol. The molecule has 0 saturated heterocycles. The number of nitrogens with zero attached hydrogens (tertiary/aromatic N) is 3. The Morgan fingerprint density at radius 2 is 2.14 bits per heavy atom. The number of para-hydroxylation sites is 2. The summed E-state index contributed by atoms with van der Waals surface area (Å²) in [5.41, 5.74) is 2.25. The van der Waals surface area contributed by atoms with Crippen LogP contribution in [-0.4, -0.2) is 19.5 Å². The minimum absolute atomic E-state index is 0.227. The number of aromatic nitrogens is 4. The Balaban J connectivity index is 1.81. The Labute approximate surface area is 124 Å². The zero-order valence-corrected chi connectivity index (χ0v) is 12.5. The second-order valence-corrected chi connectivity index (χ2v) is 5.08. The third-order valence-corrected chi connectivity index (χ3v) is 3.81. The summed E-state index contributed by atoms with van der Waals surface area (Å²) in [5, 5.41) is 3.55. The molecule has 0 saturated carbocycles. The Kier molecular flexibility index (Phi) is 4.01. The summed E-state index contributed by atoms with van der Waals surface area (Å²) in [6.45, 7) is 5.97. The lowest BCUT2D eigenvalue weighted by atomic mass is 10.2. The Bertz CT molecular complexity index is 699. The highest BCUT2D eigenvalue weighted by Gasteiger charge is 2.14. The van der Waals surface area contributed by atoms with Crippen molar-refractivity contribution in [1.82, 2.24) is 24.8 Å². The molecule has 1 aromatic carbocycles. The lowest BCUT2D eigenvalue weighted by Gasteiger charge is -2.15. The highest BCUT2D eigenvalue weighted by Crippen LogP contribution is 2.17. The molecule has 0 spiro atoms. The minimum Gasteiger partial charge on any atom is -0.347 e. The molecule has 1 atom stereocenters. The Hall–Kier alpha value is -2.14. The van der Waals surface area contributed by atoms with Crippen LogP contribution in [0.2, 0.25) is 0 Å². The summed E-state index contributed by atoms with van der Waals surface area (Å²) in [6, 6.07) is 8.51. The van der Waals surface area contributed by atoms with Gasteiger partial charge < -0.3 is 14.9 Å². The predicted octanol–water partition coefficient (Wildman–Crippen LogP) is 3.02. The number of aromatic amines is 1. The maximum absolute atomic E-state index is 4.74. The van der Waals surface area contributed by atoms with E-state index in [2.05, 4.69) is 51.9 Å². The van der Waals surface area contributed by atoms with Gasteiger partial charge in [0.15, 0.2) is 0 Å². The number of nitrogens with one attached hydrogen (secondary N) is 2. The van der Waals surface area contributed by atoms with Gasteiger partial charge in [0, 0.05) is 18.9 Å². The monoisotopic (exact) mass is 283 g/mol. The minimum atomic E-state index is 0.227. The molecule has 0 radical (unpaired) electrons. The van der Waals surface area contributed by atoms with Crippen LogP contribution in [0, 0.1) is 0 Å². The summed E-state index contributed by atoms with van der Waals surface area (Å²) >= 11 is 0. The SMILES string of the molecule is CCC(NCc1nc2ccccc2n1CC)c1ncc[nH]1. The molecule has 2 N–H and O–H groups in total. The van der Waals surface area contributed by atoms with E-state index in [1.807, 2.05) is 12.3 Å². The molecule has 0 aliphatic rings. The molecule has 5 nitrogen and oxygen atoms in total. The van der Waals surface area contributed by atoms with Crippen LogP contribution in [0.5, 0.6) is 0 Å². The number of rotatable bonds is 6. The molecule has 1 unspecified atom stereocenters. The van der Waals surface area contributed by atoms with Crippen molar-refractivity contribution in [3.8, 4) is 0 Å². The third kappa shape index (κ3) is 2.69. The van der Waals surface area contributed by atoms with Gasteiger partial charge in [0.1, 0.15) is 11.6 Å². The van der Waals surface area contributed by atoms with E-state index in [0.29, 0.717) is 0 Å². The highest BCUT2D eigenvalue weighted by molar-refractivity contribution is 5.75. The summed E-state index contributed by atoms with van der Waals surface area (Å²) in [6.07, 6.45) is 4.64. The van der Waals surface area contributed by atoms with Gasteiger partial charge in [-0.3, -0.25) is 0 Å². The number of hydrogen-bond acceptors (Lipinski definition) is 3. The summed E-state index contributed by atoms with van der Waals surface area (Å²) in [7, 11) is 0. The lowest BCUT2D eigenvalue weighted by molar-refractivity contribution is 0.481. The van der Waals surface area contributed by atoms with Crippen LogP contribution in [-0.2, 0) is 13.1 Å². The molecule has 110 valence electrons. The van der Waals surface area contributed by atoms with Crippen molar-refractivity contribution < 1.29 is 0 Å². The molecule has 0 aliphatic carbocycles. The molecular formula is C16H21N5. The maximum Gasteiger partial charge on any atom is 0.123 e. The maximum atomic E-state index is 4.74. The first kappa shape index (κ1) is 13.8. The largest absolute Gasteiger partial charge is 0.347 e. The van der Waals surface area contributed by atoms with Gasteiger partial charge in [-0.15, -0.1) is 0 Å². The molecule has 2 aromatic heterocycles. The van der Waals surface area contributed by atoms with Crippen LogP contribution in [0.4, 0.5) is 0 Å². The van der Waals surface area contributed by atoms with Crippen LogP contribution >= 0.6 is 0 Å². The Morgan fingerprint density at radius 3 is 2.86 bits per heavy atom. The smallest absolute Gasteiger partial charge is 0.123 e. The highest BCUT2D eigenvalue weighted by atomic mass is 15.1. The molecule has 3 rings (SSSR count). The first-order valence-corrected chi connectivity index (χ1v) is 7.50. The third-order valence-electron chi connectivity index (χ3n) is 3.81. The van der Waals surface area contributed by atoms with Crippen molar-refractivity contribution >= 4 is 11.0 Å². The van der Waals surface area contributed by atoms with E-state index < -0.39 is 0 Å². The second kappa shape index (κ2) is 6.10. The van der Waals surface area contributed by atoms with E-state index in [0.717, 1.165) is 36.7 Å². The first-order chi connectivity index (χ1) is 10.3. The van der Waals surface area contributed by atoms with Gasteiger partial charge in [-0.05, 0) is 25.5 Å². The van der Waals surface area contributed by atoms with Crippen LogP contribution in [0.3, 0.4) is 0 Å². The van der Waals surface area contributed by atoms with Crippen LogP contribution in [0.1, 0.15) is 38.0 Å². The van der Waals surface area contributed by atoms with E-state index in [1.165, 1.54) is 5.52 Å². The zero-order chi connectivity index (χ0) is 14.7. The molecule has 3 aromatic rings. The zero-order valence-electron chi connectivity index (χ0n) is 12.5. The normalized spacial score (nSPS) is 12.9. The number of imidazole rings is 2. The number of fused-ring (bicyclic) bond motifs is 1. The molecule has 0 amide bonds. The topological polar surface area (TPSA) is 58.5 Å². The van der Waals surface area contributed by atoms with Gasteiger partial charge in [-0.25, -0.2) is 9.97 Å².